The Morgan fingerprint density at radius 1 is 1.45 bits per heavy atom. The number of aromatic nitrogens is 1. The molecule has 0 aliphatic carbocycles. The lowest BCUT2D eigenvalue weighted by Crippen LogP contribution is -2.49. The van der Waals surface area contributed by atoms with Gasteiger partial charge >= 0.3 is 0 Å². The second kappa shape index (κ2) is 6.10. The highest BCUT2D eigenvalue weighted by atomic mass is 32.2. The van der Waals surface area contributed by atoms with E-state index in [9.17, 15) is 0 Å². The molecule has 1 aliphatic rings. The van der Waals surface area contributed by atoms with Gasteiger partial charge in [-0.25, -0.2) is 0 Å². The van der Waals surface area contributed by atoms with Gasteiger partial charge in [0.15, 0.2) is 0 Å². The zero-order chi connectivity index (χ0) is 13.9. The SMILES string of the molecule is CN1CCSCC1C(NN)c1cccc2cnccc12. The van der Waals surface area contributed by atoms with Crippen molar-refractivity contribution in [3.05, 3.63) is 42.2 Å². The normalized spacial score (nSPS) is 22.0. The average Bonchev–Trinajstić information content (AvgIpc) is 2.50. The van der Waals surface area contributed by atoms with Gasteiger partial charge in [-0.1, -0.05) is 18.2 Å². The first kappa shape index (κ1) is 13.8. The average molecular weight is 288 g/mol. The van der Waals surface area contributed by atoms with Gasteiger partial charge in [-0.2, -0.15) is 11.8 Å². The predicted molar refractivity (Wildman–Crippen MR) is 85.6 cm³/mol. The molecule has 4 nitrogen and oxygen atoms in total. The summed E-state index contributed by atoms with van der Waals surface area (Å²) in [6.45, 7) is 1.11. The van der Waals surface area contributed by atoms with Crippen LogP contribution < -0.4 is 11.3 Å². The summed E-state index contributed by atoms with van der Waals surface area (Å²) < 4.78 is 0. The molecule has 2 aromatic rings. The fraction of sp³-hybridized carbons (Fsp3) is 0.400. The molecule has 1 fully saturated rings. The third kappa shape index (κ3) is 2.54. The maximum atomic E-state index is 5.89. The first-order valence-electron chi connectivity index (χ1n) is 6.88. The maximum Gasteiger partial charge on any atom is 0.0629 e. The zero-order valence-corrected chi connectivity index (χ0v) is 12.4. The summed E-state index contributed by atoms with van der Waals surface area (Å²) in [5, 5.41) is 2.39. The molecule has 1 aromatic heterocycles. The molecule has 0 amide bonds. The van der Waals surface area contributed by atoms with Crippen LogP contribution in [0.5, 0.6) is 0 Å². The smallest absolute Gasteiger partial charge is 0.0629 e. The number of rotatable bonds is 3. The molecular weight excluding hydrogens is 268 g/mol. The van der Waals surface area contributed by atoms with Crippen molar-refractivity contribution in [2.75, 3.05) is 25.1 Å². The van der Waals surface area contributed by atoms with Crippen LogP contribution in [0.4, 0.5) is 0 Å². The first-order chi connectivity index (χ1) is 9.81. The van der Waals surface area contributed by atoms with Gasteiger partial charge in [0.2, 0.25) is 0 Å². The summed E-state index contributed by atoms with van der Waals surface area (Å²) in [6, 6.07) is 8.97. The van der Waals surface area contributed by atoms with E-state index in [-0.39, 0.29) is 6.04 Å². The van der Waals surface area contributed by atoms with Crippen molar-refractivity contribution in [2.45, 2.75) is 12.1 Å². The molecule has 3 N–H and O–H groups in total. The molecule has 0 saturated carbocycles. The molecule has 20 heavy (non-hydrogen) atoms. The fourth-order valence-corrected chi connectivity index (χ4v) is 4.16. The molecule has 2 unspecified atom stereocenters. The minimum Gasteiger partial charge on any atom is -0.300 e. The molecule has 3 rings (SSSR count). The Morgan fingerprint density at radius 2 is 2.35 bits per heavy atom. The summed E-state index contributed by atoms with van der Waals surface area (Å²) in [6.07, 6.45) is 3.75. The summed E-state index contributed by atoms with van der Waals surface area (Å²) in [5.41, 5.74) is 4.29. The Labute approximate surface area is 123 Å². The third-order valence-electron chi connectivity index (χ3n) is 4.06. The number of hydrogen-bond acceptors (Lipinski definition) is 5. The number of pyridine rings is 1. The van der Waals surface area contributed by atoms with Gasteiger partial charge < -0.3 is 0 Å². The largest absolute Gasteiger partial charge is 0.300 e. The molecule has 0 radical (unpaired) electrons. The number of nitrogens with two attached hydrogens (primary N) is 1. The number of nitrogens with one attached hydrogen (secondary N) is 1. The van der Waals surface area contributed by atoms with E-state index in [1.165, 1.54) is 16.7 Å². The predicted octanol–water partition coefficient (Wildman–Crippen LogP) is 1.79. The number of benzene rings is 1. The molecule has 2 atom stereocenters. The van der Waals surface area contributed by atoms with Crippen molar-refractivity contribution in [3.63, 3.8) is 0 Å². The van der Waals surface area contributed by atoms with Crippen LogP contribution in [-0.4, -0.2) is 41.0 Å². The summed E-state index contributed by atoms with van der Waals surface area (Å²) in [4.78, 5) is 6.60. The number of fused-ring (bicyclic) bond motifs is 1. The van der Waals surface area contributed by atoms with Crippen molar-refractivity contribution in [2.24, 2.45) is 5.84 Å². The molecular formula is C15H20N4S. The van der Waals surface area contributed by atoms with E-state index in [1.54, 1.807) is 0 Å². The van der Waals surface area contributed by atoms with Crippen LogP contribution in [0.2, 0.25) is 0 Å². The Morgan fingerprint density at radius 3 is 3.15 bits per heavy atom. The summed E-state index contributed by atoms with van der Waals surface area (Å²) in [5.74, 6) is 8.19. The van der Waals surface area contributed by atoms with Crippen molar-refractivity contribution >= 4 is 22.5 Å². The van der Waals surface area contributed by atoms with E-state index in [4.69, 9.17) is 5.84 Å². The minimum absolute atomic E-state index is 0.138. The monoisotopic (exact) mass is 288 g/mol. The molecule has 5 heteroatoms. The highest BCUT2D eigenvalue weighted by molar-refractivity contribution is 7.99. The summed E-state index contributed by atoms with van der Waals surface area (Å²) >= 11 is 2.00. The molecule has 1 aromatic carbocycles. The highest BCUT2D eigenvalue weighted by Crippen LogP contribution is 2.30. The van der Waals surface area contributed by atoms with E-state index in [1.807, 2.05) is 24.2 Å². The van der Waals surface area contributed by atoms with E-state index in [0.29, 0.717) is 6.04 Å². The Hall–Kier alpha value is -1.14. The van der Waals surface area contributed by atoms with Gasteiger partial charge in [0, 0.05) is 41.9 Å². The number of likely N-dealkylation sites (N-methyl/N-ethyl adjacent to an activating group) is 1. The highest BCUT2D eigenvalue weighted by Gasteiger charge is 2.29. The Bertz CT molecular complexity index is 584. The van der Waals surface area contributed by atoms with Gasteiger partial charge in [0.25, 0.3) is 0 Å². The zero-order valence-electron chi connectivity index (χ0n) is 11.6. The van der Waals surface area contributed by atoms with E-state index >= 15 is 0 Å². The Balaban J connectivity index is 2.02. The van der Waals surface area contributed by atoms with Crippen LogP contribution in [-0.2, 0) is 0 Å². The standard InChI is InChI=1S/C15H20N4S/c1-19-7-8-20-10-14(19)15(18-16)13-4-2-3-11-9-17-6-5-12(11)13/h2-6,9,14-15,18H,7-8,10,16H2,1H3. The van der Waals surface area contributed by atoms with Gasteiger partial charge in [-0.3, -0.25) is 21.2 Å². The van der Waals surface area contributed by atoms with Crippen molar-refractivity contribution in [1.29, 1.82) is 0 Å². The van der Waals surface area contributed by atoms with Crippen LogP contribution in [0.1, 0.15) is 11.6 Å². The number of hydrogen-bond donors (Lipinski definition) is 2. The van der Waals surface area contributed by atoms with Crippen LogP contribution >= 0.6 is 11.8 Å². The number of thioether (sulfide) groups is 1. The Kier molecular flexibility index (Phi) is 4.21. The quantitative estimate of drug-likeness (QED) is 0.666. The lowest BCUT2D eigenvalue weighted by molar-refractivity contribution is 0.217. The second-order valence-electron chi connectivity index (χ2n) is 5.21. The third-order valence-corrected chi connectivity index (χ3v) is 5.11. The van der Waals surface area contributed by atoms with Crippen LogP contribution in [0.15, 0.2) is 36.7 Å². The second-order valence-corrected chi connectivity index (χ2v) is 6.36. The van der Waals surface area contributed by atoms with Crippen LogP contribution in [0.25, 0.3) is 10.8 Å². The molecule has 0 spiro atoms. The maximum absolute atomic E-state index is 5.89. The van der Waals surface area contributed by atoms with Crippen molar-refractivity contribution in [1.82, 2.24) is 15.3 Å². The van der Waals surface area contributed by atoms with Crippen molar-refractivity contribution < 1.29 is 0 Å². The van der Waals surface area contributed by atoms with Gasteiger partial charge in [-0.05, 0) is 24.1 Å². The first-order valence-corrected chi connectivity index (χ1v) is 8.03. The fourth-order valence-electron chi connectivity index (χ4n) is 2.88. The van der Waals surface area contributed by atoms with Crippen molar-refractivity contribution in [3.8, 4) is 0 Å². The molecule has 106 valence electrons. The minimum atomic E-state index is 0.138. The number of nitrogens with zero attached hydrogens (tertiary/aromatic N) is 2. The van der Waals surface area contributed by atoms with Crippen LogP contribution in [0.3, 0.4) is 0 Å². The lowest BCUT2D eigenvalue weighted by atomic mass is 9.95. The van der Waals surface area contributed by atoms with Crippen LogP contribution in [0, 0.1) is 0 Å². The van der Waals surface area contributed by atoms with Gasteiger partial charge in [0.1, 0.15) is 0 Å². The molecule has 1 aliphatic heterocycles. The van der Waals surface area contributed by atoms with E-state index in [2.05, 4.69) is 46.6 Å². The molecule has 2 heterocycles. The van der Waals surface area contributed by atoms with Gasteiger partial charge in [0.05, 0.1) is 6.04 Å². The summed E-state index contributed by atoms with van der Waals surface area (Å²) in [7, 11) is 2.18. The number of hydrazine groups is 1. The van der Waals surface area contributed by atoms with E-state index < -0.39 is 0 Å². The topological polar surface area (TPSA) is 54.2 Å². The molecule has 0 bridgehead atoms. The van der Waals surface area contributed by atoms with Gasteiger partial charge in [-0.15, -0.1) is 0 Å². The lowest BCUT2D eigenvalue weighted by Gasteiger charge is -2.38. The molecule has 1 saturated heterocycles. The van der Waals surface area contributed by atoms with E-state index in [0.717, 1.165) is 17.7 Å².